The molecule has 0 bridgehead atoms. The molecule has 0 aliphatic rings. The molecular formula is C18H17N3O6S. The minimum atomic E-state index is -4.19. The maximum atomic E-state index is 13.1. The highest BCUT2D eigenvalue weighted by Crippen LogP contribution is 2.25. The lowest BCUT2D eigenvalue weighted by Crippen LogP contribution is -2.36. The van der Waals surface area contributed by atoms with Crippen molar-refractivity contribution in [3.05, 3.63) is 64.2 Å². The molecule has 0 spiro atoms. The minimum Gasteiger partial charge on any atom is -0.465 e. The molecule has 28 heavy (non-hydrogen) atoms. The first kappa shape index (κ1) is 20.9. The van der Waals surface area contributed by atoms with Crippen LogP contribution < -0.4 is 4.31 Å². The number of nitriles is 1. The number of hydrogen-bond donors (Lipinski definition) is 0. The fourth-order valence-corrected chi connectivity index (χ4v) is 3.79. The van der Waals surface area contributed by atoms with Crippen molar-refractivity contribution < 1.29 is 22.9 Å². The van der Waals surface area contributed by atoms with E-state index in [0.29, 0.717) is 5.56 Å². The zero-order chi connectivity index (χ0) is 20.7. The van der Waals surface area contributed by atoms with Gasteiger partial charge >= 0.3 is 5.97 Å². The number of nitro benzene ring substituents is 1. The summed E-state index contributed by atoms with van der Waals surface area (Å²) in [6.07, 6.45) is 0.160. The van der Waals surface area contributed by atoms with Gasteiger partial charge in [0.25, 0.3) is 15.7 Å². The van der Waals surface area contributed by atoms with Crippen molar-refractivity contribution in [2.45, 2.75) is 18.2 Å². The molecule has 0 aliphatic heterocycles. The first-order valence-corrected chi connectivity index (χ1v) is 9.62. The summed E-state index contributed by atoms with van der Waals surface area (Å²) in [6, 6.07) is 12.5. The quantitative estimate of drug-likeness (QED) is 0.376. The van der Waals surface area contributed by atoms with Crippen LogP contribution >= 0.6 is 0 Å². The summed E-state index contributed by atoms with van der Waals surface area (Å²) in [5.41, 5.74) is 0.639. The molecule has 0 saturated heterocycles. The number of nitro groups is 1. The molecule has 9 nitrogen and oxygen atoms in total. The van der Waals surface area contributed by atoms with Crippen LogP contribution in [0.25, 0.3) is 0 Å². The fourth-order valence-electron chi connectivity index (χ4n) is 2.38. The lowest BCUT2D eigenvalue weighted by atomic mass is 10.1. The number of hydrogen-bond acceptors (Lipinski definition) is 7. The van der Waals surface area contributed by atoms with Gasteiger partial charge in [-0.1, -0.05) is 12.1 Å². The molecule has 0 saturated carbocycles. The Morgan fingerprint density at radius 3 is 2.29 bits per heavy atom. The average molecular weight is 403 g/mol. The maximum absolute atomic E-state index is 13.1. The number of nitrogens with zero attached hydrogens (tertiary/aromatic N) is 3. The number of carbonyl (C=O) groups excluding carboxylic acids is 1. The van der Waals surface area contributed by atoms with Crippen LogP contribution in [0.3, 0.4) is 0 Å². The van der Waals surface area contributed by atoms with E-state index in [1.54, 1.807) is 19.1 Å². The van der Waals surface area contributed by atoms with Gasteiger partial charge in [0.2, 0.25) is 0 Å². The number of benzene rings is 2. The van der Waals surface area contributed by atoms with E-state index in [-0.39, 0.29) is 29.3 Å². The molecule has 0 N–H and O–H groups in total. The maximum Gasteiger partial charge on any atom is 0.326 e. The fraction of sp³-hybridized carbons (Fsp3) is 0.222. The Morgan fingerprint density at radius 1 is 1.18 bits per heavy atom. The molecule has 0 amide bonds. The molecule has 2 aromatic rings. The van der Waals surface area contributed by atoms with Gasteiger partial charge in [-0.2, -0.15) is 5.26 Å². The van der Waals surface area contributed by atoms with Crippen molar-refractivity contribution in [3.8, 4) is 6.07 Å². The number of sulfonamides is 1. The molecular weight excluding hydrogens is 386 g/mol. The molecule has 0 heterocycles. The van der Waals surface area contributed by atoms with Gasteiger partial charge < -0.3 is 4.74 Å². The molecule has 10 heteroatoms. The van der Waals surface area contributed by atoms with Crippen LogP contribution in [0.5, 0.6) is 0 Å². The van der Waals surface area contributed by atoms with Crippen LogP contribution in [0.4, 0.5) is 11.4 Å². The van der Waals surface area contributed by atoms with Crippen molar-refractivity contribution in [1.29, 1.82) is 5.26 Å². The van der Waals surface area contributed by atoms with Gasteiger partial charge in [0.1, 0.15) is 6.54 Å². The van der Waals surface area contributed by atoms with Crippen LogP contribution in [0.2, 0.25) is 0 Å². The monoisotopic (exact) mass is 403 g/mol. The Balaban J connectivity index is 2.45. The summed E-state index contributed by atoms with van der Waals surface area (Å²) in [7, 11) is -4.19. The number of ether oxygens (including phenoxy) is 1. The number of anilines is 1. The second kappa shape index (κ2) is 8.96. The van der Waals surface area contributed by atoms with Crippen molar-refractivity contribution >= 4 is 27.4 Å². The molecule has 2 aromatic carbocycles. The van der Waals surface area contributed by atoms with E-state index in [4.69, 9.17) is 10.00 Å². The summed E-state index contributed by atoms with van der Waals surface area (Å²) in [5.74, 6) is -0.742. The zero-order valence-corrected chi connectivity index (χ0v) is 15.8. The van der Waals surface area contributed by atoms with Crippen molar-refractivity contribution in [2.75, 3.05) is 17.5 Å². The Hall–Kier alpha value is -3.45. The molecule has 0 unspecified atom stereocenters. The number of esters is 1. The Morgan fingerprint density at radius 2 is 1.79 bits per heavy atom. The standard InChI is InChI=1S/C18H17N3O6S/c1-2-27-18(22)13-20(15-5-3-14(4-6-15)11-12-19)28(25,26)17-9-7-16(8-10-17)21(23)24/h3-10H,2,11,13H2,1H3. The Labute approximate surface area is 162 Å². The summed E-state index contributed by atoms with van der Waals surface area (Å²) >= 11 is 0. The van der Waals surface area contributed by atoms with Crippen molar-refractivity contribution in [3.63, 3.8) is 0 Å². The predicted octanol–water partition coefficient (Wildman–Crippen LogP) is 2.42. The van der Waals surface area contributed by atoms with Crippen LogP contribution in [-0.2, 0) is 26.0 Å². The SMILES string of the molecule is CCOC(=O)CN(c1ccc(CC#N)cc1)S(=O)(=O)c1ccc([N+](=O)[O-])cc1. The largest absolute Gasteiger partial charge is 0.465 e. The minimum absolute atomic E-state index is 0.0887. The third-order valence-electron chi connectivity index (χ3n) is 3.72. The summed E-state index contributed by atoms with van der Waals surface area (Å²) < 4.78 is 31.8. The van der Waals surface area contributed by atoms with Gasteiger partial charge in [-0.15, -0.1) is 0 Å². The first-order valence-electron chi connectivity index (χ1n) is 8.18. The second-order valence-electron chi connectivity index (χ2n) is 5.57. The lowest BCUT2D eigenvalue weighted by Gasteiger charge is -2.23. The Bertz CT molecular complexity index is 995. The molecule has 0 atom stereocenters. The van der Waals surface area contributed by atoms with Crippen molar-refractivity contribution in [1.82, 2.24) is 0 Å². The summed E-state index contributed by atoms with van der Waals surface area (Å²) in [6.45, 7) is 1.12. The van der Waals surface area contributed by atoms with E-state index < -0.39 is 27.5 Å². The van der Waals surface area contributed by atoms with E-state index in [1.165, 1.54) is 12.1 Å². The predicted molar refractivity (Wildman–Crippen MR) is 100 cm³/mol. The van der Waals surface area contributed by atoms with Gasteiger partial charge in [-0.25, -0.2) is 8.42 Å². The molecule has 0 fully saturated rings. The summed E-state index contributed by atoms with van der Waals surface area (Å²) in [4.78, 5) is 21.9. The highest BCUT2D eigenvalue weighted by Gasteiger charge is 2.28. The zero-order valence-electron chi connectivity index (χ0n) is 14.9. The van der Waals surface area contributed by atoms with Crippen molar-refractivity contribution in [2.24, 2.45) is 0 Å². The average Bonchev–Trinajstić information content (AvgIpc) is 2.67. The van der Waals surface area contributed by atoms with Crippen LogP contribution in [0, 0.1) is 21.4 Å². The van der Waals surface area contributed by atoms with Gasteiger partial charge in [-0.3, -0.25) is 19.2 Å². The Kier molecular flexibility index (Phi) is 6.68. The van der Waals surface area contributed by atoms with E-state index >= 15 is 0 Å². The van der Waals surface area contributed by atoms with Gasteiger partial charge in [0.05, 0.1) is 34.6 Å². The van der Waals surface area contributed by atoms with Gasteiger partial charge in [-0.05, 0) is 36.8 Å². The van der Waals surface area contributed by atoms with Crippen LogP contribution in [-0.4, -0.2) is 32.5 Å². The summed E-state index contributed by atoms with van der Waals surface area (Å²) in [5, 5.41) is 19.5. The van der Waals surface area contributed by atoms with Gasteiger partial charge in [0.15, 0.2) is 0 Å². The third-order valence-corrected chi connectivity index (χ3v) is 5.51. The van der Waals surface area contributed by atoms with E-state index in [9.17, 15) is 23.3 Å². The van der Waals surface area contributed by atoms with Crippen LogP contribution in [0.1, 0.15) is 12.5 Å². The highest BCUT2D eigenvalue weighted by atomic mass is 32.2. The molecule has 0 aromatic heterocycles. The molecule has 2 rings (SSSR count). The first-order chi connectivity index (χ1) is 13.3. The third kappa shape index (κ3) is 4.83. The molecule has 146 valence electrons. The van der Waals surface area contributed by atoms with E-state index in [0.717, 1.165) is 28.6 Å². The smallest absolute Gasteiger partial charge is 0.326 e. The number of non-ortho nitro benzene ring substituents is 1. The van der Waals surface area contributed by atoms with Gasteiger partial charge in [0, 0.05) is 12.1 Å². The lowest BCUT2D eigenvalue weighted by molar-refractivity contribution is -0.384. The topological polar surface area (TPSA) is 131 Å². The number of rotatable bonds is 8. The number of carbonyl (C=O) groups is 1. The second-order valence-corrected chi connectivity index (χ2v) is 7.43. The highest BCUT2D eigenvalue weighted by molar-refractivity contribution is 7.92. The van der Waals surface area contributed by atoms with E-state index in [2.05, 4.69) is 0 Å². The molecule has 0 radical (unpaired) electrons. The van der Waals surface area contributed by atoms with E-state index in [1.807, 2.05) is 6.07 Å². The van der Waals surface area contributed by atoms with Crippen LogP contribution in [0.15, 0.2) is 53.4 Å². The molecule has 0 aliphatic carbocycles. The normalized spacial score (nSPS) is 10.7.